The van der Waals surface area contributed by atoms with Crippen molar-refractivity contribution < 1.29 is 19.7 Å². The van der Waals surface area contributed by atoms with Crippen LogP contribution >= 0.6 is 0 Å². The molecule has 1 aliphatic heterocycles. The molecule has 0 aromatic heterocycles. The molecule has 1 heterocycles. The summed E-state index contributed by atoms with van der Waals surface area (Å²) in [4.78, 5) is 2.15. The van der Waals surface area contributed by atoms with Crippen molar-refractivity contribution in [1.29, 1.82) is 5.26 Å². The molecule has 4 rings (SSSR count). The van der Waals surface area contributed by atoms with Crippen LogP contribution < -0.4 is 9.47 Å². The molecule has 26 heavy (non-hydrogen) atoms. The average Bonchev–Trinajstić information content (AvgIpc) is 2.63. The Morgan fingerprint density at radius 3 is 2.62 bits per heavy atom. The fraction of sp³-hybridized carbons (Fsp3) is 0.350. The zero-order valence-electron chi connectivity index (χ0n) is 14.7. The van der Waals surface area contributed by atoms with Gasteiger partial charge in [-0.25, -0.2) is 0 Å². The van der Waals surface area contributed by atoms with Crippen LogP contribution in [-0.2, 0) is 12.8 Å². The van der Waals surface area contributed by atoms with E-state index in [4.69, 9.17) is 9.47 Å². The molecule has 6 nitrogen and oxygen atoms in total. The lowest BCUT2D eigenvalue weighted by Crippen LogP contribution is -2.38. The number of nitriles is 1. The molecule has 0 spiro atoms. The number of benzene rings is 2. The number of nitrogens with zero attached hydrogens (tertiary/aromatic N) is 2. The second kappa shape index (κ2) is 6.11. The van der Waals surface area contributed by atoms with Gasteiger partial charge in [0, 0.05) is 18.2 Å². The van der Waals surface area contributed by atoms with E-state index in [-0.39, 0.29) is 17.5 Å². The normalized spacial score (nSPS) is 17.8. The van der Waals surface area contributed by atoms with Crippen molar-refractivity contribution in [3.05, 3.63) is 34.9 Å². The molecule has 2 aliphatic rings. The summed E-state index contributed by atoms with van der Waals surface area (Å²) >= 11 is 0. The number of hydrogen-bond acceptors (Lipinski definition) is 6. The van der Waals surface area contributed by atoms with Gasteiger partial charge in [0.2, 0.25) is 0 Å². The summed E-state index contributed by atoms with van der Waals surface area (Å²) in [5.74, 6) is 0.984. The predicted octanol–water partition coefficient (Wildman–Crippen LogP) is 2.76. The van der Waals surface area contributed by atoms with Crippen molar-refractivity contribution in [3.63, 3.8) is 0 Å². The molecule has 2 aromatic carbocycles. The number of ether oxygens (including phenoxy) is 2. The monoisotopic (exact) mass is 352 g/mol. The minimum atomic E-state index is 0.0168. The molecule has 134 valence electrons. The maximum absolute atomic E-state index is 10.5. The van der Waals surface area contributed by atoms with Crippen LogP contribution in [0.15, 0.2) is 18.2 Å². The summed E-state index contributed by atoms with van der Waals surface area (Å²) in [5, 5.41) is 29.9. The Morgan fingerprint density at radius 1 is 1.15 bits per heavy atom. The standard InChI is InChI=1S/C20H20N2O4/c1-25-17-10-13-12(9-15(17)23)7-14-18-11(3-5-22(14)6-4-21)8-16(24)20(26-2)19(13)18/h8-10,14,23-24H,3,5-7H2,1-2H3. The van der Waals surface area contributed by atoms with Crippen molar-refractivity contribution in [2.75, 3.05) is 27.3 Å². The van der Waals surface area contributed by atoms with Gasteiger partial charge in [-0.1, -0.05) is 0 Å². The lowest BCUT2D eigenvalue weighted by atomic mass is 9.76. The molecule has 2 N–H and O–H groups in total. The van der Waals surface area contributed by atoms with E-state index < -0.39 is 0 Å². The summed E-state index contributed by atoms with van der Waals surface area (Å²) < 4.78 is 10.8. The second-order valence-corrected chi connectivity index (χ2v) is 6.66. The minimum absolute atomic E-state index is 0.0168. The highest BCUT2D eigenvalue weighted by Crippen LogP contribution is 2.53. The SMILES string of the molecule is COc1cc2c(cc1O)CC1c3c(cc(O)c(OC)c3-2)CCN1CC#N. The van der Waals surface area contributed by atoms with E-state index in [1.807, 2.05) is 0 Å². The molecule has 0 amide bonds. The Bertz CT molecular complexity index is 933. The lowest BCUT2D eigenvalue weighted by Gasteiger charge is -2.41. The van der Waals surface area contributed by atoms with Crippen molar-refractivity contribution in [2.45, 2.75) is 18.9 Å². The Balaban J connectivity index is 2.03. The highest BCUT2D eigenvalue weighted by Gasteiger charge is 2.37. The fourth-order valence-electron chi connectivity index (χ4n) is 4.28. The number of phenolic OH excluding ortho intramolecular Hbond substituents is 2. The van der Waals surface area contributed by atoms with Crippen LogP contribution in [0.5, 0.6) is 23.0 Å². The number of phenols is 2. The molecule has 0 bridgehead atoms. The van der Waals surface area contributed by atoms with E-state index in [1.54, 1.807) is 18.2 Å². The average molecular weight is 352 g/mol. The maximum Gasteiger partial charge on any atom is 0.168 e. The van der Waals surface area contributed by atoms with Crippen LogP contribution in [0.25, 0.3) is 11.1 Å². The molecule has 0 fully saturated rings. The van der Waals surface area contributed by atoms with Crippen LogP contribution in [0.2, 0.25) is 0 Å². The van der Waals surface area contributed by atoms with Crippen molar-refractivity contribution in [3.8, 4) is 40.2 Å². The number of hydrogen-bond donors (Lipinski definition) is 2. The molecule has 2 aromatic rings. The Labute approximate surface area is 151 Å². The van der Waals surface area contributed by atoms with Gasteiger partial charge in [-0.05, 0) is 53.3 Å². The molecule has 0 radical (unpaired) electrons. The summed E-state index contributed by atoms with van der Waals surface area (Å²) in [6.45, 7) is 1.10. The zero-order chi connectivity index (χ0) is 18.4. The van der Waals surface area contributed by atoms with Crippen LogP contribution in [0.3, 0.4) is 0 Å². The first-order chi connectivity index (χ1) is 12.6. The maximum atomic E-state index is 10.5. The molecule has 1 atom stereocenters. The highest BCUT2D eigenvalue weighted by atomic mass is 16.5. The Kier molecular flexibility index (Phi) is 3.89. The molecule has 1 unspecified atom stereocenters. The summed E-state index contributed by atoms with van der Waals surface area (Å²) in [6, 6.07) is 7.54. The van der Waals surface area contributed by atoms with Crippen molar-refractivity contribution >= 4 is 0 Å². The van der Waals surface area contributed by atoms with Gasteiger partial charge >= 0.3 is 0 Å². The second-order valence-electron chi connectivity index (χ2n) is 6.66. The van der Waals surface area contributed by atoms with Gasteiger partial charge in [-0.15, -0.1) is 0 Å². The lowest BCUT2D eigenvalue weighted by molar-refractivity contribution is 0.204. The van der Waals surface area contributed by atoms with Crippen molar-refractivity contribution in [2.24, 2.45) is 0 Å². The Hall–Kier alpha value is -2.91. The van der Waals surface area contributed by atoms with Crippen molar-refractivity contribution in [1.82, 2.24) is 4.90 Å². The Morgan fingerprint density at radius 2 is 1.92 bits per heavy atom. The number of methoxy groups -OCH3 is 2. The first kappa shape index (κ1) is 16.6. The topological polar surface area (TPSA) is 86.0 Å². The molecular formula is C20H20N2O4. The zero-order valence-corrected chi connectivity index (χ0v) is 14.7. The van der Waals surface area contributed by atoms with E-state index >= 15 is 0 Å². The van der Waals surface area contributed by atoms with E-state index in [2.05, 4.69) is 11.0 Å². The largest absolute Gasteiger partial charge is 0.504 e. The number of fused-ring (bicyclic) bond motifs is 2. The predicted molar refractivity (Wildman–Crippen MR) is 95.6 cm³/mol. The smallest absolute Gasteiger partial charge is 0.168 e. The van der Waals surface area contributed by atoms with Crippen LogP contribution in [0.4, 0.5) is 0 Å². The molecule has 1 aliphatic carbocycles. The van der Waals surface area contributed by atoms with E-state index in [0.29, 0.717) is 24.5 Å². The molecule has 0 saturated heterocycles. The van der Waals surface area contributed by atoms with Gasteiger partial charge in [0.05, 0.1) is 26.8 Å². The van der Waals surface area contributed by atoms with Gasteiger partial charge in [-0.2, -0.15) is 5.26 Å². The molecule has 0 saturated carbocycles. The van der Waals surface area contributed by atoms with Gasteiger partial charge in [0.25, 0.3) is 0 Å². The molecule has 6 heteroatoms. The summed E-state index contributed by atoms with van der Waals surface area (Å²) in [5.41, 5.74) is 4.84. The fourth-order valence-corrected chi connectivity index (χ4v) is 4.28. The first-order valence-corrected chi connectivity index (χ1v) is 8.53. The van der Waals surface area contributed by atoms with E-state index in [1.165, 1.54) is 14.2 Å². The third-order valence-electron chi connectivity index (χ3n) is 5.39. The first-order valence-electron chi connectivity index (χ1n) is 8.53. The van der Waals surface area contributed by atoms with Gasteiger partial charge in [0.1, 0.15) is 0 Å². The summed E-state index contributed by atoms with van der Waals surface area (Å²) in [7, 11) is 3.05. The number of aromatic hydroxyl groups is 2. The van der Waals surface area contributed by atoms with Gasteiger partial charge in [0.15, 0.2) is 23.0 Å². The van der Waals surface area contributed by atoms with Crippen LogP contribution in [-0.4, -0.2) is 42.4 Å². The molecular weight excluding hydrogens is 332 g/mol. The van der Waals surface area contributed by atoms with Gasteiger partial charge in [-0.3, -0.25) is 4.90 Å². The third-order valence-corrected chi connectivity index (χ3v) is 5.39. The quantitative estimate of drug-likeness (QED) is 0.826. The minimum Gasteiger partial charge on any atom is -0.504 e. The van der Waals surface area contributed by atoms with Crippen LogP contribution in [0.1, 0.15) is 22.7 Å². The highest BCUT2D eigenvalue weighted by molar-refractivity contribution is 5.84. The van der Waals surface area contributed by atoms with E-state index in [0.717, 1.165) is 40.8 Å². The van der Waals surface area contributed by atoms with Crippen LogP contribution in [0, 0.1) is 11.3 Å². The summed E-state index contributed by atoms with van der Waals surface area (Å²) in [6.07, 6.45) is 1.45. The van der Waals surface area contributed by atoms with E-state index in [9.17, 15) is 15.5 Å². The van der Waals surface area contributed by atoms with Gasteiger partial charge < -0.3 is 19.7 Å². The third kappa shape index (κ3) is 2.28. The number of rotatable bonds is 3.